The Morgan fingerprint density at radius 3 is 0.424 bits per heavy atom. The molecule has 59 heavy (non-hydrogen) atoms. The van der Waals surface area contributed by atoms with E-state index in [-0.39, 0.29) is 27.7 Å². The second-order valence-electron chi connectivity index (χ2n) is 9.83. The summed E-state index contributed by atoms with van der Waals surface area (Å²) in [4.78, 5) is 0. The SMILES string of the molecule is O=S(=O)([O-])C(F)(F)C(F)(F)C(F)(F)C(F)(F)C(F)(F)C(F)(F)C(F)(F)C(F)(F)F.O=S(=O)([O-])C(F)(F)C(F)(F)C(F)(F)C(F)(F)C(F)(F)C(F)(F)C(F)(F)C(F)(F)F.[Hg+2]. The molecule has 0 unspecified atom stereocenters. The molecule has 0 fully saturated rings. The summed E-state index contributed by atoms with van der Waals surface area (Å²) in [7, 11) is -16.3. The van der Waals surface area contributed by atoms with Crippen molar-refractivity contribution in [2.75, 3.05) is 0 Å². The summed E-state index contributed by atoms with van der Waals surface area (Å²) in [6, 6.07) is 0. The van der Waals surface area contributed by atoms with Crippen LogP contribution in [0.4, 0.5) is 149 Å². The molecular formula is C16F34HgO6S2. The second kappa shape index (κ2) is 15.3. The summed E-state index contributed by atoms with van der Waals surface area (Å²) in [6.45, 7) is 0. The van der Waals surface area contributed by atoms with E-state index in [2.05, 4.69) is 0 Å². The summed E-state index contributed by atoms with van der Waals surface area (Å²) in [5.41, 5.74) is 0. The Morgan fingerprint density at radius 2 is 0.322 bits per heavy atom. The minimum atomic E-state index is -8.92. The molecule has 0 rings (SSSR count). The first-order chi connectivity index (χ1) is 24.0. The smallest absolute Gasteiger partial charge is 0.743 e. The van der Waals surface area contributed by atoms with Gasteiger partial charge >= 0.3 is 122 Å². The van der Waals surface area contributed by atoms with Gasteiger partial charge < -0.3 is 9.11 Å². The molecule has 0 atom stereocenters. The van der Waals surface area contributed by atoms with E-state index in [0.29, 0.717) is 0 Å². The van der Waals surface area contributed by atoms with Gasteiger partial charge in [-0.3, -0.25) is 0 Å². The van der Waals surface area contributed by atoms with E-state index in [0.717, 1.165) is 0 Å². The third-order valence-electron chi connectivity index (χ3n) is 6.01. The second-order valence-corrected chi connectivity index (χ2v) is 12.7. The third kappa shape index (κ3) is 8.22. The molecule has 0 aliphatic rings. The maximum absolute atomic E-state index is 13.0. The zero-order chi connectivity index (χ0) is 49.0. The largest absolute Gasteiger partial charge is 2.00 e. The van der Waals surface area contributed by atoms with E-state index >= 15 is 0 Å². The Labute approximate surface area is 317 Å². The van der Waals surface area contributed by atoms with Gasteiger partial charge in [-0.2, -0.15) is 149 Å². The van der Waals surface area contributed by atoms with E-state index in [9.17, 15) is 175 Å². The molecule has 352 valence electrons. The molecule has 0 aliphatic carbocycles. The van der Waals surface area contributed by atoms with Crippen LogP contribution >= 0.6 is 0 Å². The normalized spacial score (nSPS) is 16.6. The van der Waals surface area contributed by atoms with Crippen molar-refractivity contribution >= 4 is 20.2 Å². The van der Waals surface area contributed by atoms with Gasteiger partial charge in [0.1, 0.15) is 0 Å². The molecule has 0 amide bonds. The van der Waals surface area contributed by atoms with Gasteiger partial charge in [-0.25, -0.2) is 16.8 Å². The molecule has 0 spiro atoms. The van der Waals surface area contributed by atoms with Crippen molar-refractivity contribution in [2.24, 2.45) is 0 Å². The summed E-state index contributed by atoms with van der Waals surface area (Å²) in [5, 5.41) is -15.9. The van der Waals surface area contributed by atoms with Crippen molar-refractivity contribution in [3.8, 4) is 0 Å². The summed E-state index contributed by atoms with van der Waals surface area (Å²) >= 11 is 0. The Bertz CT molecular complexity index is 1600. The number of halogens is 34. The van der Waals surface area contributed by atoms with Crippen LogP contribution in [0, 0.1) is 0 Å². The fraction of sp³-hybridized carbons (Fsp3) is 1.00. The number of hydrogen-bond acceptors (Lipinski definition) is 6. The van der Waals surface area contributed by atoms with Gasteiger partial charge in [-0.05, 0) is 0 Å². The molecule has 0 bridgehead atoms. The molecular weight excluding hydrogens is 1200 g/mol. The van der Waals surface area contributed by atoms with Crippen molar-refractivity contribution < 1.29 is 203 Å². The van der Waals surface area contributed by atoms with Gasteiger partial charge in [-0.1, -0.05) is 0 Å². The molecule has 0 heterocycles. The minimum absolute atomic E-state index is 0. The minimum Gasteiger partial charge on any atom is -0.743 e. The Balaban J connectivity index is -0.00000105. The first-order valence-corrected chi connectivity index (χ1v) is 14.2. The van der Waals surface area contributed by atoms with E-state index in [4.69, 9.17) is 0 Å². The van der Waals surface area contributed by atoms with Crippen LogP contribution in [0.1, 0.15) is 0 Å². The predicted molar refractivity (Wildman–Crippen MR) is 101 cm³/mol. The van der Waals surface area contributed by atoms with Crippen molar-refractivity contribution in [1.29, 1.82) is 0 Å². The fourth-order valence-corrected chi connectivity index (χ4v) is 3.50. The van der Waals surface area contributed by atoms with Crippen LogP contribution in [-0.2, 0) is 47.9 Å². The van der Waals surface area contributed by atoms with Crippen LogP contribution in [0.2, 0.25) is 0 Å². The molecule has 0 radical (unpaired) electrons. The standard InChI is InChI=1S/2C8HF17O3S.Hg/c2*9-1(10,3(13,14)5(17,18)7(21,22)23)2(11,12)4(15,16)6(19,20)8(24,25)29(26,27)28;/h2*(H,26,27,28);/q;;+2/p-2. The van der Waals surface area contributed by atoms with Gasteiger partial charge in [0, 0.05) is 0 Å². The van der Waals surface area contributed by atoms with E-state index in [1.54, 1.807) is 0 Å². The molecule has 0 N–H and O–H groups in total. The zero-order valence-corrected chi connectivity index (χ0v) is 32.0. The van der Waals surface area contributed by atoms with E-state index in [1.165, 1.54) is 0 Å². The first kappa shape index (κ1) is 61.7. The van der Waals surface area contributed by atoms with E-state index in [1.807, 2.05) is 0 Å². The maximum Gasteiger partial charge on any atom is 2.00 e. The van der Waals surface area contributed by atoms with Gasteiger partial charge in [0.15, 0.2) is 20.2 Å². The molecule has 0 aliphatic heterocycles. The van der Waals surface area contributed by atoms with Crippen molar-refractivity contribution in [2.45, 2.75) is 93.9 Å². The summed E-state index contributed by atoms with van der Waals surface area (Å²) < 4.78 is 488. The van der Waals surface area contributed by atoms with Crippen LogP contribution < -0.4 is 0 Å². The summed E-state index contributed by atoms with van der Waals surface area (Å²) in [5.74, 6) is -104. The fourth-order valence-electron chi connectivity index (χ4n) is 2.61. The Hall–Kier alpha value is -1.62. The van der Waals surface area contributed by atoms with Crippen LogP contribution in [0.5, 0.6) is 0 Å². The predicted octanol–water partition coefficient (Wildman–Crippen LogP) is 8.99. The molecule has 0 aromatic rings. The molecule has 0 saturated heterocycles. The Kier molecular flexibility index (Phi) is 16.0. The zero-order valence-electron chi connectivity index (χ0n) is 24.8. The molecule has 0 aromatic heterocycles. The third-order valence-corrected chi connectivity index (χ3v) is 7.78. The van der Waals surface area contributed by atoms with Crippen molar-refractivity contribution in [3.63, 3.8) is 0 Å². The molecule has 0 saturated carbocycles. The van der Waals surface area contributed by atoms with Crippen LogP contribution in [0.3, 0.4) is 0 Å². The maximum atomic E-state index is 13.0. The van der Waals surface area contributed by atoms with Crippen LogP contribution in [0.15, 0.2) is 0 Å². The van der Waals surface area contributed by atoms with Crippen LogP contribution in [-0.4, -0.2) is 120 Å². The number of alkyl halides is 34. The monoisotopic (exact) mass is 1200 g/mol. The van der Waals surface area contributed by atoms with Crippen molar-refractivity contribution in [3.05, 3.63) is 0 Å². The van der Waals surface area contributed by atoms with Crippen molar-refractivity contribution in [1.82, 2.24) is 0 Å². The molecule has 0 aromatic carbocycles. The average molecular weight is 1200 g/mol. The molecule has 43 heteroatoms. The van der Waals surface area contributed by atoms with Gasteiger partial charge in [0.25, 0.3) is 0 Å². The van der Waals surface area contributed by atoms with Crippen LogP contribution in [0.25, 0.3) is 0 Å². The number of hydrogen-bond donors (Lipinski definition) is 0. The Morgan fingerprint density at radius 1 is 0.220 bits per heavy atom. The van der Waals surface area contributed by atoms with Gasteiger partial charge in [0.05, 0.1) is 0 Å². The summed E-state index contributed by atoms with van der Waals surface area (Å²) in [6.07, 6.45) is -15.8. The average Bonchev–Trinajstić information content (AvgIpc) is 2.93. The number of rotatable bonds is 14. The molecule has 6 nitrogen and oxygen atoms in total. The first-order valence-electron chi connectivity index (χ1n) is 11.3. The topological polar surface area (TPSA) is 114 Å². The van der Waals surface area contributed by atoms with Gasteiger partial charge in [-0.15, -0.1) is 0 Å². The van der Waals surface area contributed by atoms with E-state index < -0.39 is 114 Å². The van der Waals surface area contributed by atoms with Gasteiger partial charge in [0.2, 0.25) is 0 Å². The quantitative estimate of drug-likeness (QED) is 0.0976.